The third kappa shape index (κ3) is 4.35. The lowest BCUT2D eigenvalue weighted by Crippen LogP contribution is -2.17. The average Bonchev–Trinajstić information content (AvgIpc) is 3.22. The van der Waals surface area contributed by atoms with Crippen LogP contribution in [0.1, 0.15) is 31.2 Å². The van der Waals surface area contributed by atoms with Gasteiger partial charge in [0.05, 0.1) is 19.8 Å². The summed E-state index contributed by atoms with van der Waals surface area (Å²) < 4.78 is 38.9. The lowest BCUT2D eigenvalue weighted by Gasteiger charge is -2.15. The first-order chi connectivity index (χ1) is 13.6. The number of halogens is 2. The number of nitrogens with one attached hydrogen (secondary N) is 1. The number of thioether (sulfide) groups is 1. The summed E-state index contributed by atoms with van der Waals surface area (Å²) >= 11 is 1.42. The van der Waals surface area contributed by atoms with Crippen molar-refractivity contribution in [3.63, 3.8) is 0 Å². The maximum Gasteiger partial charge on any atom is 0.193 e. The van der Waals surface area contributed by atoms with Gasteiger partial charge in [-0.1, -0.05) is 24.6 Å². The SMILES string of the molecule is COc1cc(OC)c(F)c(/N=C/c2cnc(SC)nc2NC2CCCC2)c1F. The Bertz CT molecular complexity index is 845. The van der Waals surface area contributed by atoms with Crippen LogP contribution in [0.25, 0.3) is 0 Å². The molecule has 1 saturated carbocycles. The number of nitrogens with zero attached hydrogens (tertiary/aromatic N) is 3. The largest absolute Gasteiger partial charge is 0.493 e. The van der Waals surface area contributed by atoms with Crippen molar-refractivity contribution in [3.05, 3.63) is 29.5 Å². The van der Waals surface area contributed by atoms with Gasteiger partial charge in [0, 0.05) is 24.5 Å². The third-order valence-electron chi connectivity index (χ3n) is 4.56. The molecule has 1 aromatic carbocycles. The third-order valence-corrected chi connectivity index (χ3v) is 5.12. The van der Waals surface area contributed by atoms with E-state index in [1.807, 2.05) is 6.26 Å². The van der Waals surface area contributed by atoms with E-state index in [1.165, 1.54) is 45.0 Å². The van der Waals surface area contributed by atoms with Gasteiger partial charge >= 0.3 is 0 Å². The van der Waals surface area contributed by atoms with E-state index in [1.54, 1.807) is 6.20 Å². The van der Waals surface area contributed by atoms with E-state index in [9.17, 15) is 8.78 Å². The zero-order chi connectivity index (χ0) is 20.1. The molecule has 0 bridgehead atoms. The second-order valence-corrected chi connectivity index (χ2v) is 7.08. The number of aromatic nitrogens is 2. The highest BCUT2D eigenvalue weighted by Gasteiger charge is 2.20. The van der Waals surface area contributed by atoms with Crippen molar-refractivity contribution in [1.29, 1.82) is 0 Å². The molecule has 1 heterocycles. The predicted molar refractivity (Wildman–Crippen MR) is 106 cm³/mol. The Balaban J connectivity index is 1.98. The molecule has 0 radical (unpaired) electrons. The number of aliphatic imine (C=N–C) groups is 1. The monoisotopic (exact) mass is 408 g/mol. The molecule has 1 aromatic heterocycles. The van der Waals surface area contributed by atoms with Crippen LogP contribution in [-0.4, -0.2) is 42.7 Å². The van der Waals surface area contributed by atoms with E-state index in [2.05, 4.69) is 20.3 Å². The fraction of sp³-hybridized carbons (Fsp3) is 0.421. The standard InChI is InChI=1S/C19H22F2N4O2S/c1-26-13-8-14(27-2)16(21)17(15(13)20)22-9-11-10-23-19(28-3)25-18(11)24-12-6-4-5-7-12/h8-10,12H,4-7H2,1-3H3,(H,23,24,25)/b22-9+. The maximum atomic E-state index is 14.5. The first-order valence-corrected chi connectivity index (χ1v) is 10.1. The smallest absolute Gasteiger partial charge is 0.193 e. The van der Waals surface area contributed by atoms with Gasteiger partial charge in [-0.25, -0.2) is 23.7 Å². The van der Waals surface area contributed by atoms with E-state index < -0.39 is 17.3 Å². The van der Waals surface area contributed by atoms with Crippen LogP contribution < -0.4 is 14.8 Å². The summed E-state index contributed by atoms with van der Waals surface area (Å²) in [7, 11) is 2.59. The summed E-state index contributed by atoms with van der Waals surface area (Å²) in [5.41, 5.74) is 0.0576. The molecular weight excluding hydrogens is 386 g/mol. The van der Waals surface area contributed by atoms with Crippen molar-refractivity contribution in [1.82, 2.24) is 9.97 Å². The predicted octanol–water partition coefficient (Wildman–Crippen LogP) is 4.60. The first-order valence-electron chi connectivity index (χ1n) is 8.89. The Labute approximate surface area is 166 Å². The van der Waals surface area contributed by atoms with Crippen molar-refractivity contribution in [2.75, 3.05) is 25.8 Å². The molecule has 1 N–H and O–H groups in total. The van der Waals surface area contributed by atoms with E-state index in [0.717, 1.165) is 18.9 Å². The van der Waals surface area contributed by atoms with Crippen molar-refractivity contribution < 1.29 is 18.3 Å². The first kappa shape index (κ1) is 20.3. The topological polar surface area (TPSA) is 68.6 Å². The zero-order valence-corrected chi connectivity index (χ0v) is 16.8. The Kier molecular flexibility index (Phi) is 6.66. The summed E-state index contributed by atoms with van der Waals surface area (Å²) in [6.07, 6.45) is 9.28. The van der Waals surface area contributed by atoms with Gasteiger partial charge in [-0.15, -0.1) is 0 Å². The molecule has 2 aromatic rings. The zero-order valence-electron chi connectivity index (χ0n) is 16.0. The summed E-state index contributed by atoms with van der Waals surface area (Å²) in [4.78, 5) is 12.8. The lowest BCUT2D eigenvalue weighted by molar-refractivity contribution is 0.359. The molecule has 0 spiro atoms. The van der Waals surface area contributed by atoms with Crippen LogP contribution >= 0.6 is 11.8 Å². The number of rotatable bonds is 7. The molecule has 0 aliphatic heterocycles. The van der Waals surface area contributed by atoms with Crippen molar-refractivity contribution in [3.8, 4) is 11.5 Å². The molecule has 6 nitrogen and oxygen atoms in total. The molecule has 28 heavy (non-hydrogen) atoms. The van der Waals surface area contributed by atoms with Crippen LogP contribution in [0.2, 0.25) is 0 Å². The molecule has 0 unspecified atom stereocenters. The van der Waals surface area contributed by atoms with Gasteiger partial charge in [-0.05, 0) is 19.1 Å². The van der Waals surface area contributed by atoms with Crippen molar-refractivity contribution in [2.24, 2.45) is 4.99 Å². The number of benzene rings is 1. The van der Waals surface area contributed by atoms with E-state index in [-0.39, 0.29) is 11.5 Å². The van der Waals surface area contributed by atoms with Crippen LogP contribution in [0, 0.1) is 11.6 Å². The fourth-order valence-corrected chi connectivity index (χ4v) is 3.41. The molecule has 150 valence electrons. The Hall–Kier alpha value is -2.42. The molecule has 9 heteroatoms. The molecule has 0 saturated heterocycles. The van der Waals surface area contributed by atoms with Gasteiger partial charge in [0.25, 0.3) is 0 Å². The Morgan fingerprint density at radius 3 is 2.39 bits per heavy atom. The average molecular weight is 408 g/mol. The van der Waals surface area contributed by atoms with Gasteiger partial charge < -0.3 is 14.8 Å². The fourth-order valence-electron chi connectivity index (χ4n) is 3.07. The summed E-state index contributed by atoms with van der Waals surface area (Å²) in [5, 5.41) is 4.01. The normalized spacial score (nSPS) is 14.6. The minimum Gasteiger partial charge on any atom is -0.493 e. The number of anilines is 1. The quantitative estimate of drug-likeness (QED) is 0.410. The molecule has 0 amide bonds. The second kappa shape index (κ2) is 9.18. The van der Waals surface area contributed by atoms with Gasteiger partial charge in [-0.3, -0.25) is 0 Å². The minimum atomic E-state index is -0.899. The second-order valence-electron chi connectivity index (χ2n) is 6.30. The lowest BCUT2D eigenvalue weighted by atomic mass is 10.2. The van der Waals surface area contributed by atoms with Crippen LogP contribution in [0.4, 0.5) is 20.3 Å². The molecule has 1 aliphatic carbocycles. The molecule has 1 aliphatic rings. The molecule has 1 fully saturated rings. The number of hydrogen-bond acceptors (Lipinski definition) is 7. The van der Waals surface area contributed by atoms with Crippen LogP contribution in [0.5, 0.6) is 11.5 Å². The van der Waals surface area contributed by atoms with E-state index >= 15 is 0 Å². The molecule has 3 rings (SSSR count). The highest BCUT2D eigenvalue weighted by Crippen LogP contribution is 2.36. The molecule has 0 atom stereocenters. The summed E-state index contributed by atoms with van der Waals surface area (Å²) in [5.74, 6) is -1.49. The Morgan fingerprint density at radius 2 is 1.82 bits per heavy atom. The van der Waals surface area contributed by atoms with Crippen LogP contribution in [-0.2, 0) is 0 Å². The number of ether oxygens (including phenoxy) is 2. The number of methoxy groups -OCH3 is 2. The highest BCUT2D eigenvalue weighted by atomic mass is 32.2. The Morgan fingerprint density at radius 1 is 1.18 bits per heavy atom. The highest BCUT2D eigenvalue weighted by molar-refractivity contribution is 7.98. The van der Waals surface area contributed by atoms with E-state index in [4.69, 9.17) is 9.47 Å². The summed E-state index contributed by atoms with van der Waals surface area (Å²) in [6, 6.07) is 1.47. The van der Waals surface area contributed by atoms with Crippen LogP contribution in [0.15, 0.2) is 22.4 Å². The molecular formula is C19H22F2N4O2S. The number of hydrogen-bond donors (Lipinski definition) is 1. The van der Waals surface area contributed by atoms with E-state index in [0.29, 0.717) is 22.6 Å². The van der Waals surface area contributed by atoms with Crippen molar-refractivity contribution >= 4 is 29.5 Å². The maximum absolute atomic E-state index is 14.5. The van der Waals surface area contributed by atoms with Gasteiger partial charge in [0.1, 0.15) is 11.5 Å². The van der Waals surface area contributed by atoms with Gasteiger partial charge in [0.15, 0.2) is 28.3 Å². The summed E-state index contributed by atoms with van der Waals surface area (Å²) in [6.45, 7) is 0. The van der Waals surface area contributed by atoms with Gasteiger partial charge in [-0.2, -0.15) is 0 Å². The van der Waals surface area contributed by atoms with Gasteiger partial charge in [0.2, 0.25) is 0 Å². The van der Waals surface area contributed by atoms with Crippen molar-refractivity contribution in [2.45, 2.75) is 36.9 Å². The van der Waals surface area contributed by atoms with Crippen LogP contribution in [0.3, 0.4) is 0 Å². The minimum absolute atomic E-state index is 0.149.